The van der Waals surface area contributed by atoms with Crippen molar-refractivity contribution in [1.29, 1.82) is 0 Å². The third kappa shape index (κ3) is 1.01. The highest BCUT2D eigenvalue weighted by Gasteiger charge is 1.89. The third-order valence-electron chi connectivity index (χ3n) is 1.15. The highest BCUT2D eigenvalue weighted by Crippen LogP contribution is 2.39. The summed E-state index contributed by atoms with van der Waals surface area (Å²) in [5.74, 6) is 0. The molecule has 0 atom stereocenters. The van der Waals surface area contributed by atoms with Crippen LogP contribution in [0.4, 0.5) is 0 Å². The van der Waals surface area contributed by atoms with Crippen LogP contribution in [0.3, 0.4) is 0 Å². The van der Waals surface area contributed by atoms with E-state index in [1.807, 2.05) is 10.9 Å². The molecule has 1 aromatic heterocycles. The molecule has 2 rings (SSSR count). The Labute approximate surface area is 60.4 Å². The average Bonchev–Trinajstić information content (AvgIpc) is 2.33. The Balaban J connectivity index is 2.95. The second-order valence-electron chi connectivity index (χ2n) is 1.74. The maximum Gasteiger partial charge on any atom is 0.0442 e. The molecule has 1 aromatic carbocycles. The first-order chi connectivity index (χ1) is 4.47. The molecule has 0 radical (unpaired) electrons. The standard InChI is InChI=1S/C6H4P2S/c1-2-4-6-5(3-1)7-8-9-6/h1-4H. The Morgan fingerprint density at radius 2 is 2.11 bits per heavy atom. The van der Waals surface area contributed by atoms with Gasteiger partial charge in [-0.2, -0.15) is 0 Å². The van der Waals surface area contributed by atoms with Gasteiger partial charge in [0, 0.05) is 16.9 Å². The molecule has 0 N–H and O–H groups in total. The van der Waals surface area contributed by atoms with Crippen LogP contribution in [0, 0.1) is 0 Å². The maximum absolute atomic E-state index is 2.20. The molecule has 0 unspecified atom stereocenters. The van der Waals surface area contributed by atoms with Crippen molar-refractivity contribution in [1.82, 2.24) is 0 Å². The van der Waals surface area contributed by atoms with Crippen LogP contribution in [0.1, 0.15) is 0 Å². The second-order valence-corrected chi connectivity index (χ2v) is 6.32. The molecule has 44 valence electrons. The normalized spacial score (nSPS) is 12.0. The van der Waals surface area contributed by atoms with Crippen LogP contribution in [0.5, 0.6) is 0 Å². The fourth-order valence-electron chi connectivity index (χ4n) is 0.725. The summed E-state index contributed by atoms with van der Waals surface area (Å²) in [6.45, 7) is 0. The molecular formula is C6H4P2S. The van der Waals surface area contributed by atoms with Crippen LogP contribution in [-0.4, -0.2) is 0 Å². The van der Waals surface area contributed by atoms with E-state index < -0.39 is 0 Å². The van der Waals surface area contributed by atoms with Crippen molar-refractivity contribution in [3.8, 4) is 0 Å². The minimum atomic E-state index is 1.46. The van der Waals surface area contributed by atoms with Gasteiger partial charge in [0.15, 0.2) is 0 Å². The van der Waals surface area contributed by atoms with Gasteiger partial charge >= 0.3 is 0 Å². The molecule has 0 aliphatic carbocycles. The minimum Gasteiger partial charge on any atom is -0.107 e. The van der Waals surface area contributed by atoms with Gasteiger partial charge in [0.1, 0.15) is 0 Å². The topological polar surface area (TPSA) is 0 Å². The van der Waals surface area contributed by atoms with Gasteiger partial charge in [-0.3, -0.25) is 0 Å². The van der Waals surface area contributed by atoms with Gasteiger partial charge in [-0.15, -0.1) is 10.9 Å². The Bertz CT molecular complexity index is 285. The fourth-order valence-corrected chi connectivity index (χ4v) is 5.86. The number of rotatable bonds is 0. The molecule has 0 nitrogen and oxygen atoms in total. The van der Waals surface area contributed by atoms with E-state index in [9.17, 15) is 0 Å². The van der Waals surface area contributed by atoms with Crippen LogP contribution in [0.15, 0.2) is 24.3 Å². The summed E-state index contributed by atoms with van der Waals surface area (Å²) < 4.78 is 1.46. The first-order valence-corrected chi connectivity index (χ1v) is 6.55. The van der Waals surface area contributed by atoms with E-state index in [-0.39, 0.29) is 0 Å². The summed E-state index contributed by atoms with van der Waals surface area (Å²) in [6.07, 6.45) is 0. The summed E-state index contributed by atoms with van der Waals surface area (Å²) in [6, 6.07) is 8.59. The summed E-state index contributed by atoms with van der Waals surface area (Å²) in [5.41, 5.74) is 0. The van der Waals surface area contributed by atoms with E-state index in [0.717, 1.165) is 0 Å². The van der Waals surface area contributed by atoms with Crippen molar-refractivity contribution in [2.45, 2.75) is 0 Å². The van der Waals surface area contributed by atoms with Gasteiger partial charge in [-0.05, 0) is 20.0 Å². The van der Waals surface area contributed by atoms with Crippen molar-refractivity contribution < 1.29 is 0 Å². The first-order valence-electron chi connectivity index (χ1n) is 2.64. The van der Waals surface area contributed by atoms with Gasteiger partial charge in [-0.25, -0.2) is 0 Å². The molecule has 9 heavy (non-hydrogen) atoms. The summed E-state index contributed by atoms with van der Waals surface area (Å²) in [5, 5.41) is 1.49. The average molecular weight is 170 g/mol. The zero-order chi connectivity index (χ0) is 6.10. The lowest BCUT2D eigenvalue weighted by atomic mass is 10.4. The van der Waals surface area contributed by atoms with E-state index in [2.05, 4.69) is 24.3 Å². The van der Waals surface area contributed by atoms with E-state index in [4.69, 9.17) is 0 Å². The first kappa shape index (κ1) is 5.80. The van der Waals surface area contributed by atoms with Crippen LogP contribution in [-0.2, 0) is 0 Å². The number of fused-ring (bicyclic) bond motifs is 1. The lowest BCUT2D eigenvalue weighted by molar-refractivity contribution is 1.88. The van der Waals surface area contributed by atoms with Crippen molar-refractivity contribution in [3.05, 3.63) is 24.3 Å². The highest BCUT2D eigenvalue weighted by molar-refractivity contribution is 8.14. The van der Waals surface area contributed by atoms with Crippen molar-refractivity contribution in [2.75, 3.05) is 0 Å². The molecule has 0 bridgehead atoms. The quantitative estimate of drug-likeness (QED) is 0.559. The van der Waals surface area contributed by atoms with E-state index in [1.54, 1.807) is 0 Å². The number of hydrogen-bond acceptors (Lipinski definition) is 1. The van der Waals surface area contributed by atoms with Gasteiger partial charge in [0.2, 0.25) is 0 Å². The summed E-state index contributed by atoms with van der Waals surface area (Å²) in [7, 11) is 4.85. The van der Waals surface area contributed by atoms with Gasteiger partial charge < -0.3 is 0 Å². The zero-order valence-electron chi connectivity index (χ0n) is 4.61. The third-order valence-corrected chi connectivity index (χ3v) is 5.82. The van der Waals surface area contributed by atoms with Crippen LogP contribution in [0.2, 0.25) is 0 Å². The second kappa shape index (κ2) is 2.34. The fraction of sp³-hybridized carbons (Fsp3) is 0. The van der Waals surface area contributed by atoms with Crippen LogP contribution in [0.25, 0.3) is 9.82 Å². The lowest BCUT2D eigenvalue weighted by Gasteiger charge is -1.80. The van der Waals surface area contributed by atoms with Crippen LogP contribution >= 0.6 is 25.9 Å². The zero-order valence-corrected chi connectivity index (χ0v) is 7.22. The molecule has 1 heterocycles. The van der Waals surface area contributed by atoms with Gasteiger partial charge in [0.25, 0.3) is 0 Å². The van der Waals surface area contributed by atoms with Crippen molar-refractivity contribution >= 4 is 35.7 Å². The minimum absolute atomic E-state index is 1.46. The molecule has 0 spiro atoms. The molecule has 2 aromatic rings. The Morgan fingerprint density at radius 1 is 1.22 bits per heavy atom. The van der Waals surface area contributed by atoms with Crippen molar-refractivity contribution in [2.24, 2.45) is 0 Å². The Morgan fingerprint density at radius 3 is 3.00 bits per heavy atom. The Hall–Kier alpha value is 0.0400. The monoisotopic (exact) mass is 170 g/mol. The predicted molar refractivity (Wildman–Crippen MR) is 46.9 cm³/mol. The molecule has 0 saturated carbocycles. The van der Waals surface area contributed by atoms with Gasteiger partial charge in [0.05, 0.1) is 0 Å². The molecule has 3 heteroatoms. The van der Waals surface area contributed by atoms with Crippen LogP contribution < -0.4 is 0 Å². The predicted octanol–water partition coefficient (Wildman–Crippen LogP) is 4.06. The summed E-state index contributed by atoms with van der Waals surface area (Å²) in [4.78, 5) is 0. The smallest absolute Gasteiger partial charge is 0.0442 e. The SMILES string of the molecule is c1ccc2sppc2c1. The number of benzene rings is 1. The van der Waals surface area contributed by atoms with Crippen molar-refractivity contribution in [3.63, 3.8) is 0 Å². The molecule has 0 amide bonds. The van der Waals surface area contributed by atoms with E-state index in [1.165, 1.54) is 24.7 Å². The highest BCUT2D eigenvalue weighted by atomic mass is 32.6. The lowest BCUT2D eigenvalue weighted by Crippen LogP contribution is -1.53. The van der Waals surface area contributed by atoms with E-state index >= 15 is 0 Å². The molecule has 0 saturated heterocycles. The molecule has 0 fully saturated rings. The Kier molecular flexibility index (Phi) is 1.51. The summed E-state index contributed by atoms with van der Waals surface area (Å²) >= 11 is 0. The molecular weight excluding hydrogens is 166 g/mol. The largest absolute Gasteiger partial charge is 0.107 e. The molecule has 0 aliphatic heterocycles. The molecule has 0 aliphatic rings. The van der Waals surface area contributed by atoms with Gasteiger partial charge in [-0.1, -0.05) is 12.1 Å². The van der Waals surface area contributed by atoms with E-state index in [0.29, 0.717) is 0 Å². The number of hydrogen-bond donors (Lipinski definition) is 0. The maximum atomic E-state index is 2.20.